The van der Waals surface area contributed by atoms with Crippen LogP contribution in [0.15, 0.2) is 82.2 Å². The van der Waals surface area contributed by atoms with Crippen LogP contribution in [0.2, 0.25) is 5.02 Å². The van der Waals surface area contributed by atoms with Crippen LogP contribution in [0.5, 0.6) is 0 Å². The van der Waals surface area contributed by atoms with Crippen LogP contribution in [-0.2, 0) is 30.6 Å². The quantitative estimate of drug-likeness (QED) is 0.362. The van der Waals surface area contributed by atoms with Crippen molar-refractivity contribution in [3.8, 4) is 0 Å². The van der Waals surface area contributed by atoms with Crippen LogP contribution in [0.25, 0.3) is 0 Å². The van der Waals surface area contributed by atoms with E-state index in [0.29, 0.717) is 34.8 Å². The number of piperidine rings is 1. The Hall–Kier alpha value is -2.44. The number of sulfonamides is 2. The van der Waals surface area contributed by atoms with E-state index in [2.05, 4.69) is 26.0 Å². The standard InChI is InChI=1S/C25H25BrClN3O5S2/c26-20-5-7-22(8-6-20)29-37(34,35)23-11-9-21(10-12-23)28-25(31)18-13-15-30(16-14-18)36(32,33)17-19-3-1-2-4-24(19)27/h1-12,18,29H,13-17H2,(H,28,31). The minimum absolute atomic E-state index is 0.0606. The van der Waals surface area contributed by atoms with Crippen LogP contribution in [0, 0.1) is 5.92 Å². The third-order valence-corrected chi connectivity index (χ3v) is 10.2. The molecule has 0 spiro atoms. The van der Waals surface area contributed by atoms with Gasteiger partial charge in [-0.2, -0.15) is 0 Å². The highest BCUT2D eigenvalue weighted by molar-refractivity contribution is 9.10. The van der Waals surface area contributed by atoms with E-state index in [1.807, 2.05) is 0 Å². The zero-order valence-corrected chi connectivity index (χ0v) is 23.6. The molecule has 1 aliphatic heterocycles. The molecular formula is C25H25BrClN3O5S2. The molecule has 0 saturated carbocycles. The van der Waals surface area contributed by atoms with Crippen LogP contribution in [0.4, 0.5) is 11.4 Å². The van der Waals surface area contributed by atoms with Crippen LogP contribution in [0.1, 0.15) is 18.4 Å². The Bertz CT molecular complexity index is 1470. The van der Waals surface area contributed by atoms with E-state index < -0.39 is 20.0 Å². The maximum Gasteiger partial charge on any atom is 0.261 e. The third-order valence-electron chi connectivity index (χ3n) is 6.04. The van der Waals surface area contributed by atoms with Crippen LogP contribution in [0.3, 0.4) is 0 Å². The van der Waals surface area contributed by atoms with Gasteiger partial charge in [0.1, 0.15) is 0 Å². The maximum absolute atomic E-state index is 12.8. The van der Waals surface area contributed by atoms with E-state index in [1.165, 1.54) is 28.6 Å². The van der Waals surface area contributed by atoms with Gasteiger partial charge >= 0.3 is 0 Å². The SMILES string of the molecule is O=C(Nc1ccc(S(=O)(=O)Nc2ccc(Br)cc2)cc1)C1CCN(S(=O)(=O)Cc2ccccc2Cl)CC1. The number of halogens is 2. The van der Waals surface area contributed by atoms with Gasteiger partial charge in [-0.1, -0.05) is 45.7 Å². The van der Waals surface area contributed by atoms with Gasteiger partial charge in [0.05, 0.1) is 10.6 Å². The fourth-order valence-electron chi connectivity index (χ4n) is 3.99. The predicted molar refractivity (Wildman–Crippen MR) is 148 cm³/mol. The van der Waals surface area contributed by atoms with E-state index in [1.54, 1.807) is 48.5 Å². The van der Waals surface area contributed by atoms with Crippen molar-refractivity contribution in [3.63, 3.8) is 0 Å². The first-order chi connectivity index (χ1) is 17.5. The van der Waals surface area contributed by atoms with Gasteiger partial charge in [0.2, 0.25) is 15.9 Å². The molecule has 1 aliphatic rings. The molecule has 12 heteroatoms. The first kappa shape index (κ1) is 27.6. The van der Waals surface area contributed by atoms with Crippen molar-refractivity contribution >= 4 is 64.9 Å². The second kappa shape index (κ2) is 11.5. The number of rotatable bonds is 8. The zero-order chi connectivity index (χ0) is 26.6. The Morgan fingerprint density at radius 1 is 0.892 bits per heavy atom. The van der Waals surface area contributed by atoms with Crippen LogP contribution in [-0.4, -0.2) is 40.1 Å². The number of hydrogen-bond acceptors (Lipinski definition) is 5. The summed E-state index contributed by atoms with van der Waals surface area (Å²) in [7, 11) is -7.34. The van der Waals surface area contributed by atoms with Gasteiger partial charge in [-0.05, 0) is 73.0 Å². The molecule has 1 saturated heterocycles. The Balaban J connectivity index is 1.31. The molecule has 1 amide bonds. The molecule has 8 nitrogen and oxygen atoms in total. The van der Waals surface area contributed by atoms with Crippen molar-refractivity contribution in [3.05, 3.63) is 87.9 Å². The Morgan fingerprint density at radius 2 is 1.49 bits per heavy atom. The topological polar surface area (TPSA) is 113 Å². The molecule has 2 N–H and O–H groups in total. The number of benzene rings is 3. The highest BCUT2D eigenvalue weighted by Gasteiger charge is 2.31. The van der Waals surface area contributed by atoms with Crippen molar-refractivity contribution < 1.29 is 21.6 Å². The normalized spacial score (nSPS) is 15.3. The van der Waals surface area contributed by atoms with Gasteiger partial charge in [-0.25, -0.2) is 21.1 Å². The molecule has 1 fully saturated rings. The number of carbonyl (C=O) groups excluding carboxylic acids is 1. The lowest BCUT2D eigenvalue weighted by molar-refractivity contribution is -0.120. The molecule has 0 bridgehead atoms. The summed E-state index contributed by atoms with van der Waals surface area (Å²) in [5.74, 6) is -0.767. The van der Waals surface area contributed by atoms with Crippen LogP contribution < -0.4 is 10.0 Å². The summed E-state index contributed by atoms with van der Waals surface area (Å²) in [4.78, 5) is 12.8. The average molecular weight is 627 g/mol. The smallest absolute Gasteiger partial charge is 0.261 e. The van der Waals surface area contributed by atoms with Crippen molar-refractivity contribution in [1.82, 2.24) is 4.31 Å². The number of hydrogen-bond donors (Lipinski definition) is 2. The highest BCUT2D eigenvalue weighted by Crippen LogP contribution is 2.26. The summed E-state index contributed by atoms with van der Waals surface area (Å²) in [6, 6.07) is 19.5. The predicted octanol–water partition coefficient (Wildman–Crippen LogP) is 5.08. The van der Waals surface area contributed by atoms with E-state index in [0.717, 1.165) is 4.47 Å². The first-order valence-corrected chi connectivity index (χ1v) is 15.7. The van der Waals surface area contributed by atoms with E-state index in [-0.39, 0.29) is 35.6 Å². The van der Waals surface area contributed by atoms with Gasteiger partial charge < -0.3 is 5.32 Å². The molecular weight excluding hydrogens is 602 g/mol. The molecule has 0 aliphatic carbocycles. The zero-order valence-electron chi connectivity index (χ0n) is 19.6. The molecule has 0 radical (unpaired) electrons. The number of carbonyl (C=O) groups is 1. The van der Waals surface area contributed by atoms with Gasteiger partial charge in [0.25, 0.3) is 10.0 Å². The molecule has 3 aromatic rings. The third kappa shape index (κ3) is 7.11. The largest absolute Gasteiger partial charge is 0.326 e. The number of nitrogens with one attached hydrogen (secondary N) is 2. The fourth-order valence-corrected chi connectivity index (χ4v) is 7.19. The molecule has 3 aromatic carbocycles. The summed E-state index contributed by atoms with van der Waals surface area (Å²) in [6.07, 6.45) is 0.772. The molecule has 0 unspecified atom stereocenters. The summed E-state index contributed by atoms with van der Waals surface area (Å²) in [5.41, 5.74) is 1.43. The summed E-state index contributed by atoms with van der Waals surface area (Å²) in [5, 5.41) is 3.21. The first-order valence-electron chi connectivity index (χ1n) is 11.4. The molecule has 4 rings (SSSR count). The van der Waals surface area contributed by atoms with Crippen molar-refractivity contribution in [2.75, 3.05) is 23.1 Å². The van der Waals surface area contributed by atoms with Crippen molar-refractivity contribution in [2.24, 2.45) is 5.92 Å². The Labute approximate surface area is 230 Å². The number of anilines is 2. The molecule has 0 aromatic heterocycles. The summed E-state index contributed by atoms with van der Waals surface area (Å²) >= 11 is 9.42. The van der Waals surface area contributed by atoms with Gasteiger partial charge in [0, 0.05) is 39.9 Å². The van der Waals surface area contributed by atoms with E-state index in [9.17, 15) is 21.6 Å². The second-order valence-corrected chi connectivity index (χ2v) is 13.6. The van der Waals surface area contributed by atoms with Gasteiger partial charge in [-0.15, -0.1) is 0 Å². The Kier molecular flexibility index (Phi) is 8.59. The van der Waals surface area contributed by atoms with Crippen molar-refractivity contribution in [2.45, 2.75) is 23.5 Å². The molecule has 37 heavy (non-hydrogen) atoms. The van der Waals surface area contributed by atoms with Gasteiger partial charge in [-0.3, -0.25) is 9.52 Å². The Morgan fingerprint density at radius 3 is 2.11 bits per heavy atom. The fraction of sp³-hybridized carbons (Fsp3) is 0.240. The number of amides is 1. The molecule has 196 valence electrons. The maximum atomic E-state index is 12.8. The average Bonchev–Trinajstić information content (AvgIpc) is 2.87. The number of nitrogens with zero attached hydrogens (tertiary/aromatic N) is 1. The lowest BCUT2D eigenvalue weighted by Gasteiger charge is -2.30. The second-order valence-electron chi connectivity index (χ2n) is 8.65. The molecule has 1 heterocycles. The minimum atomic E-state index is -3.79. The van der Waals surface area contributed by atoms with Crippen LogP contribution >= 0.6 is 27.5 Å². The van der Waals surface area contributed by atoms with E-state index in [4.69, 9.17) is 11.6 Å². The lowest BCUT2D eigenvalue weighted by atomic mass is 9.97. The monoisotopic (exact) mass is 625 g/mol. The van der Waals surface area contributed by atoms with E-state index >= 15 is 0 Å². The highest BCUT2D eigenvalue weighted by atomic mass is 79.9. The summed E-state index contributed by atoms with van der Waals surface area (Å²) < 4.78 is 55.7. The van der Waals surface area contributed by atoms with Gasteiger partial charge in [0.15, 0.2) is 0 Å². The van der Waals surface area contributed by atoms with Crippen molar-refractivity contribution in [1.29, 1.82) is 0 Å². The summed E-state index contributed by atoms with van der Waals surface area (Å²) in [6.45, 7) is 0.480. The molecule has 0 atom stereocenters. The lowest BCUT2D eigenvalue weighted by Crippen LogP contribution is -2.41. The minimum Gasteiger partial charge on any atom is -0.326 e.